The van der Waals surface area contributed by atoms with E-state index < -0.39 is 5.97 Å². The molecule has 100 valence electrons. The van der Waals surface area contributed by atoms with Gasteiger partial charge in [0.2, 0.25) is 0 Å². The van der Waals surface area contributed by atoms with E-state index >= 15 is 0 Å². The number of carboxylic acid groups (broad SMARTS) is 1. The molecule has 4 nitrogen and oxygen atoms in total. The minimum atomic E-state index is -1.05. The molecule has 0 saturated heterocycles. The number of carboxylic acids is 1. The van der Waals surface area contributed by atoms with Crippen molar-refractivity contribution in [1.82, 2.24) is 4.90 Å². The summed E-state index contributed by atoms with van der Waals surface area (Å²) in [7, 11) is 0. The Hall–Kier alpha value is -1.36. The topological polar surface area (TPSA) is 57.6 Å². The van der Waals surface area contributed by atoms with E-state index in [-0.39, 0.29) is 17.5 Å². The summed E-state index contributed by atoms with van der Waals surface area (Å²) in [6.45, 7) is 2.57. The Bertz CT molecular complexity index is 580. The van der Waals surface area contributed by atoms with E-state index in [2.05, 4.69) is 22.9 Å². The van der Waals surface area contributed by atoms with Crippen molar-refractivity contribution in [3.8, 4) is 0 Å². The first-order chi connectivity index (χ1) is 8.99. The number of amides is 1. The number of carbonyl (C=O) groups excluding carboxylic acids is 1. The number of aromatic carboxylic acids is 1. The van der Waals surface area contributed by atoms with Crippen LogP contribution >= 0.6 is 15.9 Å². The summed E-state index contributed by atoms with van der Waals surface area (Å²) in [4.78, 5) is 25.6. The second-order valence-electron chi connectivity index (χ2n) is 5.30. The second-order valence-corrected chi connectivity index (χ2v) is 6.22. The van der Waals surface area contributed by atoms with Gasteiger partial charge in [-0.1, -0.05) is 15.9 Å². The van der Waals surface area contributed by atoms with E-state index in [1.807, 2.05) is 6.07 Å². The van der Waals surface area contributed by atoms with Gasteiger partial charge in [-0.3, -0.25) is 4.79 Å². The number of benzene rings is 1. The smallest absolute Gasteiger partial charge is 0.336 e. The third-order valence-electron chi connectivity index (χ3n) is 4.03. The fourth-order valence-electron chi connectivity index (χ4n) is 2.77. The largest absolute Gasteiger partial charge is 0.478 e. The van der Waals surface area contributed by atoms with E-state index in [1.54, 1.807) is 4.90 Å². The van der Waals surface area contributed by atoms with Gasteiger partial charge in [-0.05, 0) is 43.4 Å². The van der Waals surface area contributed by atoms with Gasteiger partial charge in [0.15, 0.2) is 0 Å². The maximum atomic E-state index is 12.5. The van der Waals surface area contributed by atoms with E-state index in [0.29, 0.717) is 22.5 Å². The van der Waals surface area contributed by atoms with Crippen molar-refractivity contribution in [2.24, 2.45) is 5.92 Å². The van der Waals surface area contributed by atoms with Gasteiger partial charge in [-0.15, -0.1) is 0 Å². The van der Waals surface area contributed by atoms with Crippen molar-refractivity contribution >= 4 is 27.8 Å². The molecule has 1 amide bonds. The number of halogens is 1. The lowest BCUT2D eigenvalue weighted by Crippen LogP contribution is -2.35. The number of hydrogen-bond acceptors (Lipinski definition) is 2. The first-order valence-electron chi connectivity index (χ1n) is 6.35. The molecule has 1 N–H and O–H groups in total. The zero-order valence-corrected chi connectivity index (χ0v) is 12.1. The fourth-order valence-corrected chi connectivity index (χ4v) is 3.28. The quantitative estimate of drug-likeness (QED) is 0.930. The molecule has 1 saturated carbocycles. The van der Waals surface area contributed by atoms with Crippen LogP contribution in [0.1, 0.15) is 46.0 Å². The molecular weight excluding hydrogens is 310 g/mol. The second kappa shape index (κ2) is 4.34. The molecule has 1 fully saturated rings. The van der Waals surface area contributed by atoms with Crippen LogP contribution in [0, 0.1) is 5.92 Å². The first-order valence-corrected chi connectivity index (χ1v) is 7.15. The van der Waals surface area contributed by atoms with Gasteiger partial charge in [0.1, 0.15) is 0 Å². The lowest BCUT2D eigenvalue weighted by Gasteiger charge is -2.24. The average molecular weight is 324 g/mol. The molecule has 19 heavy (non-hydrogen) atoms. The molecule has 0 radical (unpaired) electrons. The molecule has 1 aliphatic carbocycles. The normalized spacial score (nSPS) is 19.5. The molecule has 1 aliphatic heterocycles. The molecule has 0 spiro atoms. The Morgan fingerprint density at radius 3 is 2.74 bits per heavy atom. The Morgan fingerprint density at radius 2 is 2.16 bits per heavy atom. The molecule has 1 atom stereocenters. The standard InChI is InChI=1S/C14H14BrNO3/c1-7(8-2-3-8)16-6-9-4-10(15)5-11(14(18)19)12(9)13(16)17/h4-5,7-8H,2-3,6H2,1H3,(H,18,19)/t7-/m0/s1. The molecule has 5 heteroatoms. The van der Waals surface area contributed by atoms with Gasteiger partial charge in [0.25, 0.3) is 5.91 Å². The van der Waals surface area contributed by atoms with Gasteiger partial charge in [0.05, 0.1) is 11.1 Å². The molecule has 1 aromatic carbocycles. The molecule has 3 rings (SSSR count). The van der Waals surface area contributed by atoms with Crippen LogP contribution in [-0.2, 0) is 6.54 Å². The van der Waals surface area contributed by atoms with Crippen molar-refractivity contribution in [3.05, 3.63) is 33.3 Å². The summed E-state index contributed by atoms with van der Waals surface area (Å²) in [5.74, 6) is -0.610. The highest BCUT2D eigenvalue weighted by molar-refractivity contribution is 9.10. The third-order valence-corrected chi connectivity index (χ3v) is 4.48. The Kier molecular flexibility index (Phi) is 2.89. The van der Waals surface area contributed by atoms with E-state index in [9.17, 15) is 14.7 Å². The zero-order valence-electron chi connectivity index (χ0n) is 10.5. The van der Waals surface area contributed by atoms with Crippen LogP contribution in [0.5, 0.6) is 0 Å². The summed E-state index contributed by atoms with van der Waals surface area (Å²) in [5.41, 5.74) is 1.27. The van der Waals surface area contributed by atoms with Crippen LogP contribution in [0.15, 0.2) is 16.6 Å². The molecule has 0 bridgehead atoms. The van der Waals surface area contributed by atoms with E-state index in [1.165, 1.54) is 6.07 Å². The molecular formula is C14H14BrNO3. The van der Waals surface area contributed by atoms with Crippen molar-refractivity contribution in [2.45, 2.75) is 32.4 Å². The fraction of sp³-hybridized carbons (Fsp3) is 0.429. The van der Waals surface area contributed by atoms with Crippen LogP contribution in [-0.4, -0.2) is 27.9 Å². The molecule has 0 aromatic heterocycles. The first kappa shape index (κ1) is 12.7. The molecule has 1 heterocycles. The van der Waals surface area contributed by atoms with Gasteiger partial charge in [-0.2, -0.15) is 0 Å². The maximum absolute atomic E-state index is 12.5. The Labute approximate surface area is 119 Å². The summed E-state index contributed by atoms with van der Waals surface area (Å²) in [6.07, 6.45) is 2.33. The summed E-state index contributed by atoms with van der Waals surface area (Å²) in [5, 5.41) is 9.25. The lowest BCUT2D eigenvalue weighted by atomic mass is 10.0. The van der Waals surface area contributed by atoms with Crippen molar-refractivity contribution in [3.63, 3.8) is 0 Å². The summed E-state index contributed by atoms with van der Waals surface area (Å²) < 4.78 is 0.706. The van der Waals surface area contributed by atoms with Gasteiger partial charge in [0, 0.05) is 17.1 Å². The summed E-state index contributed by atoms with van der Waals surface area (Å²) >= 11 is 3.31. The summed E-state index contributed by atoms with van der Waals surface area (Å²) in [6, 6.07) is 3.55. The highest BCUT2D eigenvalue weighted by atomic mass is 79.9. The average Bonchev–Trinajstić information content (AvgIpc) is 3.13. The monoisotopic (exact) mass is 323 g/mol. The lowest BCUT2D eigenvalue weighted by molar-refractivity contribution is 0.0660. The Morgan fingerprint density at radius 1 is 1.47 bits per heavy atom. The SMILES string of the molecule is C[C@@H](C1CC1)N1Cc2cc(Br)cc(C(=O)O)c2C1=O. The van der Waals surface area contributed by atoms with Crippen LogP contribution in [0.2, 0.25) is 0 Å². The van der Waals surface area contributed by atoms with Gasteiger partial charge >= 0.3 is 5.97 Å². The number of fused-ring (bicyclic) bond motifs is 1. The van der Waals surface area contributed by atoms with Crippen molar-refractivity contribution < 1.29 is 14.7 Å². The minimum Gasteiger partial charge on any atom is -0.478 e. The number of hydrogen-bond donors (Lipinski definition) is 1. The third kappa shape index (κ3) is 2.06. The Balaban J connectivity index is 2.02. The molecule has 1 aromatic rings. The number of rotatable bonds is 3. The van der Waals surface area contributed by atoms with Crippen molar-refractivity contribution in [2.75, 3.05) is 0 Å². The zero-order chi connectivity index (χ0) is 13.7. The van der Waals surface area contributed by atoms with Crippen LogP contribution < -0.4 is 0 Å². The highest BCUT2D eigenvalue weighted by Crippen LogP contribution is 2.39. The predicted molar refractivity (Wildman–Crippen MR) is 73.2 cm³/mol. The van der Waals surface area contributed by atoms with Crippen molar-refractivity contribution in [1.29, 1.82) is 0 Å². The number of nitrogens with zero attached hydrogens (tertiary/aromatic N) is 1. The number of carbonyl (C=O) groups is 2. The van der Waals surface area contributed by atoms with Gasteiger partial charge in [-0.25, -0.2) is 4.79 Å². The minimum absolute atomic E-state index is 0.0971. The van der Waals surface area contributed by atoms with Crippen LogP contribution in [0.3, 0.4) is 0 Å². The van der Waals surface area contributed by atoms with E-state index in [0.717, 1.165) is 18.4 Å². The highest BCUT2D eigenvalue weighted by Gasteiger charge is 2.40. The van der Waals surface area contributed by atoms with Gasteiger partial charge < -0.3 is 10.0 Å². The predicted octanol–water partition coefficient (Wildman–Crippen LogP) is 2.90. The van der Waals surface area contributed by atoms with E-state index in [4.69, 9.17) is 0 Å². The van der Waals surface area contributed by atoms with Crippen LogP contribution in [0.25, 0.3) is 0 Å². The molecule has 0 unspecified atom stereocenters. The molecule has 2 aliphatic rings. The maximum Gasteiger partial charge on any atom is 0.336 e. The van der Waals surface area contributed by atoms with Crippen LogP contribution in [0.4, 0.5) is 0 Å².